The normalized spacial score (nSPS) is 22.2. The molecule has 3 rings (SSSR count). The number of nitrogens with one attached hydrogen (secondary N) is 1. The van der Waals surface area contributed by atoms with Crippen molar-refractivity contribution in [1.82, 2.24) is 5.32 Å². The van der Waals surface area contributed by atoms with E-state index in [1.807, 2.05) is 18.2 Å². The standard InChI is InChI=1S/C14H16N2O3/c15-7-12(16-8-11-2-1-5-17-11)10-3-4-13-14(6-10)19-9-18-13/h3-4,6,11-12,16H,1-2,5,8-9H2. The van der Waals surface area contributed by atoms with Gasteiger partial charge in [-0.3, -0.25) is 5.32 Å². The number of benzene rings is 1. The first-order chi connectivity index (χ1) is 9.36. The summed E-state index contributed by atoms with van der Waals surface area (Å²) < 4.78 is 16.1. The van der Waals surface area contributed by atoms with Crippen molar-refractivity contribution in [2.45, 2.75) is 25.0 Å². The first kappa shape index (κ1) is 12.3. The Morgan fingerprint density at radius 1 is 1.37 bits per heavy atom. The highest BCUT2D eigenvalue weighted by Gasteiger charge is 2.20. The summed E-state index contributed by atoms with van der Waals surface area (Å²) in [7, 11) is 0. The minimum Gasteiger partial charge on any atom is -0.454 e. The van der Waals surface area contributed by atoms with Crippen molar-refractivity contribution in [2.24, 2.45) is 0 Å². The first-order valence-corrected chi connectivity index (χ1v) is 6.51. The summed E-state index contributed by atoms with van der Waals surface area (Å²) >= 11 is 0. The molecule has 0 aliphatic carbocycles. The molecule has 5 heteroatoms. The maximum atomic E-state index is 9.28. The van der Waals surface area contributed by atoms with Gasteiger partial charge in [0.1, 0.15) is 6.04 Å². The fraction of sp³-hybridized carbons (Fsp3) is 0.500. The van der Waals surface area contributed by atoms with Gasteiger partial charge in [0.05, 0.1) is 12.2 Å². The van der Waals surface area contributed by atoms with Crippen LogP contribution in [0.1, 0.15) is 24.4 Å². The van der Waals surface area contributed by atoms with Crippen LogP contribution in [0.15, 0.2) is 18.2 Å². The van der Waals surface area contributed by atoms with Crippen LogP contribution in [0.5, 0.6) is 11.5 Å². The highest BCUT2D eigenvalue weighted by atomic mass is 16.7. The van der Waals surface area contributed by atoms with E-state index in [2.05, 4.69) is 11.4 Å². The Bertz CT molecular complexity index is 492. The molecule has 2 heterocycles. The molecule has 0 aromatic heterocycles. The van der Waals surface area contributed by atoms with Gasteiger partial charge in [-0.2, -0.15) is 5.26 Å². The first-order valence-electron chi connectivity index (χ1n) is 6.51. The number of hydrogen-bond donors (Lipinski definition) is 1. The van der Waals surface area contributed by atoms with Crippen molar-refractivity contribution < 1.29 is 14.2 Å². The van der Waals surface area contributed by atoms with E-state index in [1.165, 1.54) is 0 Å². The molecule has 1 fully saturated rings. The molecule has 1 aromatic carbocycles. The van der Waals surface area contributed by atoms with Crippen LogP contribution in [-0.4, -0.2) is 26.0 Å². The van der Waals surface area contributed by atoms with E-state index in [0.29, 0.717) is 12.3 Å². The molecular weight excluding hydrogens is 244 g/mol. The van der Waals surface area contributed by atoms with Crippen LogP contribution < -0.4 is 14.8 Å². The van der Waals surface area contributed by atoms with Crippen LogP contribution in [0.4, 0.5) is 0 Å². The molecular formula is C14H16N2O3. The minimum absolute atomic E-state index is 0.227. The van der Waals surface area contributed by atoms with Crippen molar-refractivity contribution in [3.63, 3.8) is 0 Å². The van der Waals surface area contributed by atoms with Crippen LogP contribution in [0, 0.1) is 11.3 Å². The monoisotopic (exact) mass is 260 g/mol. The minimum atomic E-state index is -0.348. The number of hydrogen-bond acceptors (Lipinski definition) is 5. The molecule has 2 aliphatic heterocycles. The van der Waals surface area contributed by atoms with Crippen molar-refractivity contribution in [3.05, 3.63) is 23.8 Å². The van der Waals surface area contributed by atoms with Gasteiger partial charge in [-0.1, -0.05) is 6.07 Å². The second-order valence-electron chi connectivity index (χ2n) is 4.72. The van der Waals surface area contributed by atoms with Crippen molar-refractivity contribution in [2.75, 3.05) is 19.9 Å². The highest BCUT2D eigenvalue weighted by molar-refractivity contribution is 5.46. The van der Waals surface area contributed by atoms with Crippen LogP contribution in [0.3, 0.4) is 0 Å². The Hall–Kier alpha value is -1.77. The third kappa shape index (κ3) is 2.65. The lowest BCUT2D eigenvalue weighted by Gasteiger charge is -2.15. The third-order valence-electron chi connectivity index (χ3n) is 3.43. The summed E-state index contributed by atoms with van der Waals surface area (Å²) in [4.78, 5) is 0. The quantitative estimate of drug-likeness (QED) is 0.893. The summed E-state index contributed by atoms with van der Waals surface area (Å²) in [6, 6.07) is 7.52. The van der Waals surface area contributed by atoms with E-state index >= 15 is 0 Å². The maximum Gasteiger partial charge on any atom is 0.231 e. The van der Waals surface area contributed by atoms with E-state index in [9.17, 15) is 5.26 Å². The van der Waals surface area contributed by atoms with Gasteiger partial charge in [-0.15, -0.1) is 0 Å². The smallest absolute Gasteiger partial charge is 0.231 e. The fourth-order valence-corrected chi connectivity index (χ4v) is 2.39. The van der Waals surface area contributed by atoms with Gasteiger partial charge in [0, 0.05) is 13.2 Å². The summed E-state index contributed by atoms with van der Waals surface area (Å²) in [6.07, 6.45) is 2.39. The summed E-state index contributed by atoms with van der Waals surface area (Å²) in [5, 5.41) is 12.5. The predicted octanol–water partition coefficient (Wildman–Crippen LogP) is 1.75. The average molecular weight is 260 g/mol. The lowest BCUT2D eigenvalue weighted by atomic mass is 10.1. The van der Waals surface area contributed by atoms with Crippen molar-refractivity contribution >= 4 is 0 Å². The van der Waals surface area contributed by atoms with Crippen LogP contribution in [0.2, 0.25) is 0 Å². The SMILES string of the molecule is N#CC(NCC1CCCO1)c1ccc2c(c1)OCO2. The zero-order chi connectivity index (χ0) is 13.1. The number of nitriles is 1. The molecule has 0 bridgehead atoms. The predicted molar refractivity (Wildman–Crippen MR) is 67.9 cm³/mol. The van der Waals surface area contributed by atoms with Crippen molar-refractivity contribution in [1.29, 1.82) is 5.26 Å². The summed E-state index contributed by atoms with van der Waals surface area (Å²) in [5.41, 5.74) is 0.893. The van der Waals surface area contributed by atoms with Gasteiger partial charge in [0.2, 0.25) is 6.79 Å². The van der Waals surface area contributed by atoms with E-state index in [-0.39, 0.29) is 18.9 Å². The Morgan fingerprint density at radius 3 is 3.05 bits per heavy atom. The summed E-state index contributed by atoms with van der Waals surface area (Å²) in [6.45, 7) is 1.78. The molecule has 1 saturated heterocycles. The van der Waals surface area contributed by atoms with E-state index in [4.69, 9.17) is 14.2 Å². The lowest BCUT2D eigenvalue weighted by molar-refractivity contribution is 0.109. The molecule has 5 nitrogen and oxygen atoms in total. The lowest BCUT2D eigenvalue weighted by Crippen LogP contribution is -2.29. The van der Waals surface area contributed by atoms with Gasteiger partial charge in [-0.05, 0) is 30.5 Å². The number of rotatable bonds is 4. The zero-order valence-corrected chi connectivity index (χ0v) is 10.6. The molecule has 0 radical (unpaired) electrons. The molecule has 1 N–H and O–H groups in total. The number of fused-ring (bicyclic) bond motifs is 1. The molecule has 19 heavy (non-hydrogen) atoms. The van der Waals surface area contributed by atoms with Gasteiger partial charge < -0.3 is 14.2 Å². The Labute approximate surface area is 112 Å². The Balaban J connectivity index is 1.66. The van der Waals surface area contributed by atoms with E-state index in [1.54, 1.807) is 0 Å². The molecule has 2 aliphatic rings. The topological polar surface area (TPSA) is 63.5 Å². The largest absolute Gasteiger partial charge is 0.454 e. The zero-order valence-electron chi connectivity index (χ0n) is 10.6. The van der Waals surface area contributed by atoms with Gasteiger partial charge in [-0.25, -0.2) is 0 Å². The van der Waals surface area contributed by atoms with Crippen LogP contribution in [0.25, 0.3) is 0 Å². The Kier molecular flexibility index (Phi) is 3.53. The Morgan fingerprint density at radius 2 is 2.26 bits per heavy atom. The molecule has 2 atom stereocenters. The highest BCUT2D eigenvalue weighted by Crippen LogP contribution is 2.34. The second-order valence-corrected chi connectivity index (χ2v) is 4.72. The molecule has 2 unspecified atom stereocenters. The van der Waals surface area contributed by atoms with Gasteiger partial charge in [0.25, 0.3) is 0 Å². The number of ether oxygens (including phenoxy) is 3. The fourth-order valence-electron chi connectivity index (χ4n) is 2.39. The van der Waals surface area contributed by atoms with E-state index in [0.717, 1.165) is 30.8 Å². The van der Waals surface area contributed by atoms with Crippen molar-refractivity contribution in [3.8, 4) is 17.6 Å². The third-order valence-corrected chi connectivity index (χ3v) is 3.43. The van der Waals surface area contributed by atoms with Gasteiger partial charge in [0.15, 0.2) is 11.5 Å². The molecule has 0 saturated carbocycles. The maximum absolute atomic E-state index is 9.28. The average Bonchev–Trinajstić information content (AvgIpc) is 3.09. The summed E-state index contributed by atoms with van der Waals surface area (Å²) in [5.74, 6) is 1.44. The van der Waals surface area contributed by atoms with E-state index < -0.39 is 0 Å². The molecule has 0 spiro atoms. The van der Waals surface area contributed by atoms with Crippen LogP contribution in [-0.2, 0) is 4.74 Å². The molecule has 1 aromatic rings. The molecule has 100 valence electrons. The number of nitrogens with zero attached hydrogens (tertiary/aromatic N) is 1. The van der Waals surface area contributed by atoms with Gasteiger partial charge >= 0.3 is 0 Å². The second kappa shape index (κ2) is 5.47. The molecule has 0 amide bonds. The van der Waals surface area contributed by atoms with Crippen LogP contribution >= 0.6 is 0 Å².